The number of amides is 1. The molecule has 0 aromatic heterocycles. The molecule has 0 saturated carbocycles. The molecule has 0 aliphatic carbocycles. The molecule has 1 atom stereocenters. The van der Waals surface area contributed by atoms with E-state index in [0.29, 0.717) is 5.56 Å². The van der Waals surface area contributed by atoms with E-state index in [4.69, 9.17) is 11.6 Å². The molecule has 2 nitrogen and oxygen atoms in total. The highest BCUT2D eigenvalue weighted by atomic mass is 35.5. The van der Waals surface area contributed by atoms with Gasteiger partial charge in [0.05, 0.1) is 0 Å². The van der Waals surface area contributed by atoms with Crippen molar-refractivity contribution in [1.82, 2.24) is 5.32 Å². The fourth-order valence-electron chi connectivity index (χ4n) is 1.39. The van der Waals surface area contributed by atoms with Gasteiger partial charge in [-0.15, -0.1) is 11.6 Å². The number of benzene rings is 1. The Bertz CT molecular complexity index is 412. The van der Waals surface area contributed by atoms with Crippen LogP contribution in [0.15, 0.2) is 24.3 Å². The fourth-order valence-corrected chi connectivity index (χ4v) is 1.59. The Kier molecular flexibility index (Phi) is 4.68. The number of carbonyl (C=O) groups excluding carboxylic acids is 1. The summed E-state index contributed by atoms with van der Waals surface area (Å²) < 4.78 is 24.7. The van der Waals surface area contributed by atoms with E-state index in [1.54, 1.807) is 0 Å². The quantitative estimate of drug-likeness (QED) is 0.835. The van der Waals surface area contributed by atoms with Crippen LogP contribution < -0.4 is 5.32 Å². The molecule has 1 aromatic rings. The molecule has 100 valence electrons. The van der Waals surface area contributed by atoms with Crippen LogP contribution >= 0.6 is 11.6 Å². The number of nitrogens with one attached hydrogen (secondary N) is 1. The van der Waals surface area contributed by atoms with E-state index >= 15 is 0 Å². The average molecular weight is 276 g/mol. The third-order valence-electron chi connectivity index (χ3n) is 2.21. The van der Waals surface area contributed by atoms with E-state index in [1.165, 1.54) is 24.3 Å². The highest BCUT2D eigenvalue weighted by Crippen LogP contribution is 2.25. The zero-order valence-corrected chi connectivity index (χ0v) is 11.3. The van der Waals surface area contributed by atoms with Crippen molar-refractivity contribution in [3.05, 3.63) is 35.4 Å². The second-order valence-electron chi connectivity index (χ2n) is 5.07. The van der Waals surface area contributed by atoms with Crippen LogP contribution in [0, 0.1) is 0 Å². The van der Waals surface area contributed by atoms with Gasteiger partial charge in [-0.05, 0) is 26.3 Å². The van der Waals surface area contributed by atoms with Crippen molar-refractivity contribution in [2.75, 3.05) is 0 Å². The van der Waals surface area contributed by atoms with Crippen molar-refractivity contribution < 1.29 is 13.6 Å². The van der Waals surface area contributed by atoms with Crippen molar-refractivity contribution >= 4 is 17.5 Å². The van der Waals surface area contributed by atoms with Crippen LogP contribution in [0.2, 0.25) is 0 Å². The SMILES string of the molecule is CC(C)(C)NC(=O)C(Cl)c1ccc(C(F)F)cc1. The number of hydrogen-bond acceptors (Lipinski definition) is 1. The molecule has 0 radical (unpaired) electrons. The lowest BCUT2D eigenvalue weighted by atomic mass is 10.1. The first-order valence-electron chi connectivity index (χ1n) is 5.55. The summed E-state index contributed by atoms with van der Waals surface area (Å²) in [5, 5.41) is 1.86. The second-order valence-corrected chi connectivity index (χ2v) is 5.51. The van der Waals surface area contributed by atoms with Gasteiger partial charge < -0.3 is 5.32 Å². The molecule has 1 rings (SSSR count). The second kappa shape index (κ2) is 5.65. The van der Waals surface area contributed by atoms with Crippen molar-refractivity contribution in [3.63, 3.8) is 0 Å². The topological polar surface area (TPSA) is 29.1 Å². The molecule has 18 heavy (non-hydrogen) atoms. The van der Waals surface area contributed by atoms with Gasteiger partial charge in [0.15, 0.2) is 0 Å². The summed E-state index contributed by atoms with van der Waals surface area (Å²) in [6.45, 7) is 5.53. The molecule has 1 N–H and O–H groups in total. The molecular weight excluding hydrogens is 260 g/mol. The van der Waals surface area contributed by atoms with Gasteiger partial charge in [0, 0.05) is 11.1 Å². The molecule has 5 heteroatoms. The van der Waals surface area contributed by atoms with Crippen molar-refractivity contribution in [3.8, 4) is 0 Å². The minimum Gasteiger partial charge on any atom is -0.350 e. The molecule has 1 aromatic carbocycles. The predicted molar refractivity (Wildman–Crippen MR) is 67.9 cm³/mol. The summed E-state index contributed by atoms with van der Waals surface area (Å²) in [5.74, 6) is -0.339. The average Bonchev–Trinajstić information content (AvgIpc) is 2.26. The number of alkyl halides is 3. The lowest BCUT2D eigenvalue weighted by molar-refractivity contribution is -0.122. The number of hydrogen-bond donors (Lipinski definition) is 1. The largest absolute Gasteiger partial charge is 0.350 e. The van der Waals surface area contributed by atoms with Crippen LogP contribution in [0.3, 0.4) is 0 Å². The number of carbonyl (C=O) groups is 1. The van der Waals surface area contributed by atoms with Crippen LogP contribution in [-0.4, -0.2) is 11.4 Å². The third kappa shape index (κ3) is 4.26. The van der Waals surface area contributed by atoms with Gasteiger partial charge >= 0.3 is 0 Å². The molecule has 0 saturated heterocycles. The Morgan fingerprint density at radius 2 is 1.61 bits per heavy atom. The first-order chi connectivity index (χ1) is 8.20. The predicted octanol–water partition coefficient (Wildman–Crippen LogP) is 3.82. The summed E-state index contributed by atoms with van der Waals surface area (Å²) in [5.41, 5.74) is 0.0364. The lowest BCUT2D eigenvalue weighted by Crippen LogP contribution is -2.42. The van der Waals surface area contributed by atoms with E-state index in [9.17, 15) is 13.6 Å². The molecule has 0 heterocycles. The fraction of sp³-hybridized carbons (Fsp3) is 0.462. The van der Waals surface area contributed by atoms with E-state index in [-0.39, 0.29) is 17.0 Å². The van der Waals surface area contributed by atoms with Crippen LogP contribution in [0.5, 0.6) is 0 Å². The normalized spacial score (nSPS) is 13.5. The Morgan fingerprint density at radius 1 is 1.17 bits per heavy atom. The maximum Gasteiger partial charge on any atom is 0.263 e. The van der Waals surface area contributed by atoms with Gasteiger partial charge in [-0.2, -0.15) is 0 Å². The summed E-state index contributed by atoms with van der Waals surface area (Å²) in [6.07, 6.45) is -2.52. The Hall–Kier alpha value is -1.16. The van der Waals surface area contributed by atoms with Gasteiger partial charge in [0.25, 0.3) is 6.43 Å². The Labute approximate surface area is 110 Å². The summed E-state index contributed by atoms with van der Waals surface area (Å²) in [4.78, 5) is 11.8. The highest BCUT2D eigenvalue weighted by molar-refractivity contribution is 6.30. The Balaban J connectivity index is 2.78. The first kappa shape index (κ1) is 14.9. The van der Waals surface area contributed by atoms with Gasteiger partial charge in [0.1, 0.15) is 5.38 Å². The monoisotopic (exact) mass is 275 g/mol. The standard InChI is InChI=1S/C13H16ClF2NO/c1-13(2,3)17-12(18)10(14)8-4-6-9(7-5-8)11(15)16/h4-7,10-11H,1-3H3,(H,17,18). The highest BCUT2D eigenvalue weighted by Gasteiger charge is 2.22. The molecular formula is C13H16ClF2NO. The van der Waals surface area contributed by atoms with Gasteiger partial charge in [-0.3, -0.25) is 4.79 Å². The maximum atomic E-state index is 12.4. The van der Waals surface area contributed by atoms with Crippen molar-refractivity contribution in [1.29, 1.82) is 0 Å². The van der Waals surface area contributed by atoms with E-state index < -0.39 is 11.8 Å². The molecule has 0 bridgehead atoms. The number of rotatable bonds is 3. The van der Waals surface area contributed by atoms with Crippen molar-refractivity contribution in [2.24, 2.45) is 0 Å². The zero-order valence-electron chi connectivity index (χ0n) is 10.5. The smallest absolute Gasteiger partial charge is 0.263 e. The van der Waals surface area contributed by atoms with Crippen LogP contribution in [-0.2, 0) is 4.79 Å². The first-order valence-corrected chi connectivity index (χ1v) is 5.98. The molecule has 0 aliphatic rings. The molecule has 0 spiro atoms. The molecule has 1 unspecified atom stereocenters. The lowest BCUT2D eigenvalue weighted by Gasteiger charge is -2.22. The molecule has 0 fully saturated rings. The summed E-state index contributed by atoms with van der Waals surface area (Å²) in [7, 11) is 0. The zero-order chi connectivity index (χ0) is 13.9. The maximum absolute atomic E-state index is 12.4. The van der Waals surface area contributed by atoms with Gasteiger partial charge in [0.2, 0.25) is 5.91 Å². The molecule has 0 aliphatic heterocycles. The van der Waals surface area contributed by atoms with E-state index in [2.05, 4.69) is 5.32 Å². The van der Waals surface area contributed by atoms with E-state index in [0.717, 1.165) is 0 Å². The van der Waals surface area contributed by atoms with Gasteiger partial charge in [-0.1, -0.05) is 24.3 Å². The van der Waals surface area contributed by atoms with Crippen LogP contribution in [0.1, 0.15) is 43.7 Å². The Morgan fingerprint density at radius 3 is 2.00 bits per heavy atom. The van der Waals surface area contributed by atoms with E-state index in [1.807, 2.05) is 20.8 Å². The van der Waals surface area contributed by atoms with Gasteiger partial charge in [-0.25, -0.2) is 8.78 Å². The van der Waals surface area contributed by atoms with Crippen molar-refractivity contribution in [2.45, 2.75) is 38.1 Å². The molecule has 1 amide bonds. The van der Waals surface area contributed by atoms with Crippen LogP contribution in [0.25, 0.3) is 0 Å². The van der Waals surface area contributed by atoms with Crippen LogP contribution in [0.4, 0.5) is 8.78 Å². The summed E-state index contributed by atoms with van der Waals surface area (Å²) >= 11 is 6.00. The summed E-state index contributed by atoms with van der Waals surface area (Å²) in [6, 6.07) is 5.45. The minimum absolute atomic E-state index is 0.0844. The number of halogens is 3. The minimum atomic E-state index is -2.52. The third-order valence-corrected chi connectivity index (χ3v) is 2.66.